The van der Waals surface area contributed by atoms with E-state index in [9.17, 15) is 0 Å². The molecule has 0 saturated heterocycles. The van der Waals surface area contributed by atoms with Crippen molar-refractivity contribution in [1.29, 1.82) is 0 Å². The summed E-state index contributed by atoms with van der Waals surface area (Å²) in [6.45, 7) is 6.77. The molecule has 16 heavy (non-hydrogen) atoms. The van der Waals surface area contributed by atoms with Crippen molar-refractivity contribution < 1.29 is 0 Å². The molecular formula is C12H18N4. The Kier molecular flexibility index (Phi) is 3.39. The van der Waals surface area contributed by atoms with Gasteiger partial charge in [0, 0.05) is 0 Å². The first kappa shape index (κ1) is 10.9. The number of fused-ring (bicyclic) bond motifs is 1. The van der Waals surface area contributed by atoms with Crippen molar-refractivity contribution in [3.63, 3.8) is 0 Å². The predicted molar refractivity (Wildman–Crippen MR) is 64.4 cm³/mol. The number of aromatic nitrogens is 4. The summed E-state index contributed by atoms with van der Waals surface area (Å²) in [5.74, 6) is 0.883. The summed E-state index contributed by atoms with van der Waals surface area (Å²) in [4.78, 5) is 8.49. The van der Waals surface area contributed by atoms with E-state index in [1.165, 1.54) is 25.0 Å². The Morgan fingerprint density at radius 2 is 2.31 bits per heavy atom. The van der Waals surface area contributed by atoms with E-state index in [0.29, 0.717) is 0 Å². The van der Waals surface area contributed by atoms with Crippen LogP contribution in [0, 0.1) is 0 Å². The molecule has 0 aliphatic carbocycles. The Morgan fingerprint density at radius 3 is 3.06 bits per heavy atom. The molecule has 1 N–H and O–H groups in total. The van der Waals surface area contributed by atoms with Crippen LogP contribution in [-0.4, -0.2) is 19.7 Å². The maximum atomic E-state index is 4.30. The minimum absolute atomic E-state index is 0.791. The lowest BCUT2D eigenvalue weighted by Crippen LogP contribution is -2.03. The number of nitrogens with one attached hydrogen (secondary N) is 1. The topological polar surface area (TPSA) is 46.5 Å². The molecule has 0 amide bonds. The lowest BCUT2D eigenvalue weighted by Gasteiger charge is -2.05. The zero-order valence-corrected chi connectivity index (χ0v) is 9.74. The normalized spacial score (nSPS) is 11.1. The molecule has 0 unspecified atom stereocenters. The van der Waals surface area contributed by atoms with E-state index in [4.69, 9.17) is 0 Å². The number of hydrogen-bond donors (Lipinski definition) is 1. The number of imidazole rings is 1. The molecule has 4 heteroatoms. The summed E-state index contributed by atoms with van der Waals surface area (Å²) < 4.78 is 2.09. The Morgan fingerprint density at radius 1 is 1.44 bits per heavy atom. The van der Waals surface area contributed by atoms with Crippen LogP contribution in [-0.2, 0) is 13.0 Å². The molecule has 2 aliphatic rings. The average molecular weight is 218 g/mol. The minimum Gasteiger partial charge on any atom is -0.285 e. The molecule has 0 radical (unpaired) electrons. The Labute approximate surface area is 95.7 Å². The van der Waals surface area contributed by atoms with Crippen LogP contribution in [0.1, 0.15) is 31.9 Å². The number of unbranched alkanes of at least 4 members (excludes halogenated alkanes) is 2. The molecule has 0 fully saturated rings. The van der Waals surface area contributed by atoms with Gasteiger partial charge in [-0.1, -0.05) is 25.8 Å². The van der Waals surface area contributed by atoms with Crippen LogP contribution in [0.4, 0.5) is 0 Å². The third kappa shape index (κ3) is 2.01. The first-order valence-electron chi connectivity index (χ1n) is 5.85. The number of hydrogen-bond acceptors (Lipinski definition) is 2. The maximum Gasteiger partial charge on any atom is 0.174 e. The maximum absolute atomic E-state index is 4.30. The van der Waals surface area contributed by atoms with Crippen LogP contribution in [0.3, 0.4) is 0 Å². The number of allylic oxidation sites excluding steroid dienone is 1. The summed E-state index contributed by atoms with van der Waals surface area (Å²) in [6.07, 6.45) is 8.26. The second-order valence-corrected chi connectivity index (χ2v) is 3.99. The van der Waals surface area contributed by atoms with Gasteiger partial charge in [0.25, 0.3) is 0 Å². The smallest absolute Gasteiger partial charge is 0.174 e. The van der Waals surface area contributed by atoms with Crippen molar-refractivity contribution in [2.75, 3.05) is 0 Å². The molecule has 0 aromatic heterocycles. The molecule has 0 bridgehead atoms. The van der Waals surface area contributed by atoms with Crippen molar-refractivity contribution in [2.24, 2.45) is 0 Å². The van der Waals surface area contributed by atoms with Crippen molar-refractivity contribution in [2.45, 2.75) is 39.2 Å². The SMILES string of the molecule is C=CCn1[nH]c2ncnc-2c1CCCCC. The largest absolute Gasteiger partial charge is 0.285 e. The van der Waals surface area contributed by atoms with E-state index >= 15 is 0 Å². The monoisotopic (exact) mass is 218 g/mol. The van der Waals surface area contributed by atoms with Crippen molar-refractivity contribution in [1.82, 2.24) is 19.7 Å². The molecule has 4 nitrogen and oxygen atoms in total. The quantitative estimate of drug-likeness (QED) is 0.598. The molecule has 0 aromatic rings. The fourth-order valence-corrected chi connectivity index (χ4v) is 1.96. The van der Waals surface area contributed by atoms with Crippen LogP contribution in [0.5, 0.6) is 0 Å². The highest BCUT2D eigenvalue weighted by molar-refractivity contribution is 5.54. The molecule has 2 rings (SSSR count). The number of rotatable bonds is 6. The van der Waals surface area contributed by atoms with Crippen LogP contribution in [0.2, 0.25) is 0 Å². The predicted octanol–water partition coefficient (Wildman–Crippen LogP) is 2.63. The lowest BCUT2D eigenvalue weighted by atomic mass is 10.1. The number of H-pyrrole nitrogens is 1. The minimum atomic E-state index is 0.791. The summed E-state index contributed by atoms with van der Waals surface area (Å²) in [5.41, 5.74) is 2.26. The zero-order chi connectivity index (χ0) is 11.4. The third-order valence-corrected chi connectivity index (χ3v) is 2.77. The second-order valence-electron chi connectivity index (χ2n) is 3.99. The van der Waals surface area contributed by atoms with Crippen LogP contribution in [0.25, 0.3) is 11.5 Å². The third-order valence-electron chi connectivity index (χ3n) is 2.77. The van der Waals surface area contributed by atoms with Crippen LogP contribution >= 0.6 is 0 Å². The van der Waals surface area contributed by atoms with Gasteiger partial charge in [-0.15, -0.1) is 6.58 Å². The molecule has 86 valence electrons. The van der Waals surface area contributed by atoms with Gasteiger partial charge in [-0.3, -0.25) is 9.78 Å². The van der Waals surface area contributed by atoms with Gasteiger partial charge in [0.2, 0.25) is 0 Å². The van der Waals surface area contributed by atoms with Crippen molar-refractivity contribution in [3.8, 4) is 11.5 Å². The summed E-state index contributed by atoms with van der Waals surface area (Å²) in [6, 6.07) is 0. The highest BCUT2D eigenvalue weighted by Gasteiger charge is 2.17. The Hall–Kier alpha value is -1.58. The summed E-state index contributed by atoms with van der Waals surface area (Å²) >= 11 is 0. The standard InChI is InChI=1S/C12H18N4/c1-3-5-6-7-10-11-12(14-9-13-11)15-16(10)8-4-2/h4,9H,2-3,5-8H2,1H3,(H,13,14,15). The van der Waals surface area contributed by atoms with Gasteiger partial charge >= 0.3 is 0 Å². The average Bonchev–Trinajstić information content (AvgIpc) is 2.82. The second kappa shape index (κ2) is 4.96. The molecule has 2 aliphatic heterocycles. The van der Waals surface area contributed by atoms with Crippen molar-refractivity contribution in [3.05, 3.63) is 24.7 Å². The molecule has 0 atom stereocenters. The van der Waals surface area contributed by atoms with Gasteiger partial charge < -0.3 is 0 Å². The van der Waals surface area contributed by atoms with Gasteiger partial charge in [0.05, 0.1) is 12.2 Å². The fraction of sp³-hybridized carbons (Fsp3) is 0.500. The highest BCUT2D eigenvalue weighted by Crippen LogP contribution is 2.22. The van der Waals surface area contributed by atoms with Gasteiger partial charge in [0.1, 0.15) is 12.0 Å². The first-order valence-corrected chi connectivity index (χ1v) is 5.85. The number of nitrogens with zero attached hydrogens (tertiary/aromatic N) is 3. The number of aromatic amines is 1. The van der Waals surface area contributed by atoms with Gasteiger partial charge in [-0.05, 0) is 12.8 Å². The lowest BCUT2D eigenvalue weighted by molar-refractivity contribution is 0.625. The van der Waals surface area contributed by atoms with E-state index in [2.05, 4.69) is 33.3 Å². The molecule has 0 aromatic carbocycles. The molecular weight excluding hydrogens is 200 g/mol. The fourth-order valence-electron chi connectivity index (χ4n) is 1.96. The van der Waals surface area contributed by atoms with E-state index in [1.54, 1.807) is 6.33 Å². The Bertz CT molecular complexity index is 426. The molecule has 0 spiro atoms. The van der Waals surface area contributed by atoms with Crippen LogP contribution < -0.4 is 0 Å². The van der Waals surface area contributed by atoms with Crippen molar-refractivity contribution >= 4 is 0 Å². The van der Waals surface area contributed by atoms with E-state index in [1.807, 2.05) is 6.08 Å². The van der Waals surface area contributed by atoms with Gasteiger partial charge in [-0.2, -0.15) is 0 Å². The summed E-state index contributed by atoms with van der Waals surface area (Å²) in [7, 11) is 0. The van der Waals surface area contributed by atoms with E-state index in [0.717, 1.165) is 24.5 Å². The van der Waals surface area contributed by atoms with Crippen LogP contribution in [0.15, 0.2) is 19.0 Å². The Balaban J connectivity index is 2.21. The summed E-state index contributed by atoms with van der Waals surface area (Å²) in [5, 5.41) is 3.24. The van der Waals surface area contributed by atoms with E-state index < -0.39 is 0 Å². The van der Waals surface area contributed by atoms with Gasteiger partial charge in [0.15, 0.2) is 5.82 Å². The molecule has 2 heterocycles. The zero-order valence-electron chi connectivity index (χ0n) is 9.74. The first-order chi connectivity index (χ1) is 7.86. The van der Waals surface area contributed by atoms with E-state index in [-0.39, 0.29) is 0 Å². The molecule has 0 saturated carbocycles. The van der Waals surface area contributed by atoms with Gasteiger partial charge in [-0.25, -0.2) is 9.97 Å². The highest BCUT2D eigenvalue weighted by atomic mass is 15.3.